The molecular formula is C25H22N6O3. The molecule has 2 aliphatic rings. The summed E-state index contributed by atoms with van der Waals surface area (Å²) in [4.78, 5) is 31.8. The summed E-state index contributed by atoms with van der Waals surface area (Å²) in [5.41, 5.74) is 8.86. The van der Waals surface area contributed by atoms with Crippen molar-refractivity contribution in [3.63, 3.8) is 0 Å². The van der Waals surface area contributed by atoms with Gasteiger partial charge in [-0.05, 0) is 67.1 Å². The van der Waals surface area contributed by atoms with E-state index in [0.717, 1.165) is 11.3 Å². The van der Waals surface area contributed by atoms with E-state index in [-0.39, 0.29) is 11.6 Å². The van der Waals surface area contributed by atoms with Gasteiger partial charge in [-0.2, -0.15) is 5.10 Å². The third-order valence-corrected chi connectivity index (χ3v) is 5.74. The Hall–Kier alpha value is -4.66. The maximum Gasteiger partial charge on any atom is 0.277 e. The molecular weight excluding hydrogens is 432 g/mol. The van der Waals surface area contributed by atoms with Crippen LogP contribution in [0.3, 0.4) is 0 Å². The van der Waals surface area contributed by atoms with E-state index in [2.05, 4.69) is 15.4 Å². The molecule has 2 aliphatic heterocycles. The number of aliphatic imine (C=N–C) groups is 1. The van der Waals surface area contributed by atoms with Crippen molar-refractivity contribution in [1.82, 2.24) is 15.1 Å². The van der Waals surface area contributed by atoms with Gasteiger partial charge in [0.2, 0.25) is 0 Å². The SMILES string of the molecule is COc1ccc(-n2nc(C(N)=O)c3c2C(=O)N(c2ccc(C4=NC=CC=CN4)cc2)CC3)cc1. The first kappa shape index (κ1) is 21.2. The van der Waals surface area contributed by atoms with Crippen LogP contribution in [-0.2, 0) is 6.42 Å². The lowest BCUT2D eigenvalue weighted by Crippen LogP contribution is -2.39. The summed E-state index contributed by atoms with van der Waals surface area (Å²) >= 11 is 0. The Morgan fingerprint density at radius 2 is 1.79 bits per heavy atom. The van der Waals surface area contributed by atoms with Crippen molar-refractivity contribution in [3.8, 4) is 11.4 Å². The number of fused-ring (bicyclic) bond motifs is 1. The first-order chi connectivity index (χ1) is 16.6. The van der Waals surface area contributed by atoms with Crippen LogP contribution in [0.15, 0.2) is 78.1 Å². The summed E-state index contributed by atoms with van der Waals surface area (Å²) < 4.78 is 6.70. The summed E-state index contributed by atoms with van der Waals surface area (Å²) in [6, 6.07) is 14.7. The quantitative estimate of drug-likeness (QED) is 0.615. The van der Waals surface area contributed by atoms with Crippen molar-refractivity contribution in [2.75, 3.05) is 18.6 Å². The molecule has 9 heteroatoms. The molecule has 34 heavy (non-hydrogen) atoms. The van der Waals surface area contributed by atoms with Crippen LogP contribution in [-0.4, -0.2) is 41.1 Å². The molecule has 1 aromatic heterocycles. The number of aromatic nitrogens is 2. The number of primary amides is 1. The average Bonchev–Trinajstić information content (AvgIpc) is 3.05. The minimum absolute atomic E-state index is 0.118. The number of ether oxygens (including phenoxy) is 1. The van der Waals surface area contributed by atoms with E-state index in [4.69, 9.17) is 10.5 Å². The molecule has 170 valence electrons. The molecule has 3 heterocycles. The number of carbonyl (C=O) groups excluding carboxylic acids is 2. The number of nitrogens with two attached hydrogens (primary N) is 1. The van der Waals surface area contributed by atoms with Crippen molar-refractivity contribution in [1.29, 1.82) is 0 Å². The first-order valence-corrected chi connectivity index (χ1v) is 10.7. The number of amidine groups is 1. The van der Waals surface area contributed by atoms with Gasteiger partial charge >= 0.3 is 0 Å². The maximum absolute atomic E-state index is 13.6. The van der Waals surface area contributed by atoms with Gasteiger partial charge < -0.3 is 20.7 Å². The fraction of sp³-hybridized carbons (Fsp3) is 0.120. The Kier molecular flexibility index (Phi) is 5.43. The van der Waals surface area contributed by atoms with Crippen molar-refractivity contribution in [3.05, 3.63) is 95.6 Å². The number of carbonyl (C=O) groups is 2. The summed E-state index contributed by atoms with van der Waals surface area (Å²) in [6.45, 7) is 0.407. The highest BCUT2D eigenvalue weighted by molar-refractivity contribution is 6.10. The third-order valence-electron chi connectivity index (χ3n) is 5.74. The van der Waals surface area contributed by atoms with Gasteiger partial charge in [-0.3, -0.25) is 9.59 Å². The topological polar surface area (TPSA) is 115 Å². The summed E-state index contributed by atoms with van der Waals surface area (Å²) in [5.74, 6) is 0.480. The Labute approximate surface area is 195 Å². The molecule has 0 saturated heterocycles. The molecule has 3 N–H and O–H groups in total. The Bertz CT molecular complexity index is 1350. The van der Waals surface area contributed by atoms with E-state index in [1.54, 1.807) is 42.5 Å². The van der Waals surface area contributed by atoms with E-state index in [1.165, 1.54) is 4.68 Å². The van der Waals surface area contributed by atoms with Crippen LogP contribution in [0.25, 0.3) is 5.69 Å². The number of amides is 2. The van der Waals surface area contributed by atoms with E-state index >= 15 is 0 Å². The van der Waals surface area contributed by atoms with Crippen LogP contribution >= 0.6 is 0 Å². The maximum atomic E-state index is 13.6. The highest BCUT2D eigenvalue weighted by atomic mass is 16.5. The monoisotopic (exact) mass is 454 g/mol. The number of hydrogen-bond acceptors (Lipinski definition) is 6. The Morgan fingerprint density at radius 1 is 1.06 bits per heavy atom. The zero-order valence-corrected chi connectivity index (χ0v) is 18.4. The van der Waals surface area contributed by atoms with E-state index < -0.39 is 5.91 Å². The standard InChI is InChI=1S/C25H22N6O3/c1-34-19-10-8-18(9-11-19)31-22-20(21(29-31)23(26)32)12-15-30(25(22)33)17-6-4-16(5-7-17)24-27-13-2-3-14-28-24/h2-11,13-14H,12,15H2,1H3,(H2,26,32)(H,27,28). The number of nitrogens with one attached hydrogen (secondary N) is 1. The van der Waals surface area contributed by atoms with Gasteiger partial charge in [0, 0.05) is 35.8 Å². The lowest BCUT2D eigenvalue weighted by Gasteiger charge is -2.28. The predicted octanol–water partition coefficient (Wildman–Crippen LogP) is 2.56. The van der Waals surface area contributed by atoms with Crippen LogP contribution in [0.1, 0.15) is 32.1 Å². The van der Waals surface area contributed by atoms with E-state index in [9.17, 15) is 9.59 Å². The largest absolute Gasteiger partial charge is 0.497 e. The van der Waals surface area contributed by atoms with Gasteiger partial charge in [0.1, 0.15) is 17.3 Å². The van der Waals surface area contributed by atoms with Gasteiger partial charge in [-0.15, -0.1) is 0 Å². The van der Waals surface area contributed by atoms with Gasteiger partial charge in [-0.25, -0.2) is 9.67 Å². The molecule has 0 atom stereocenters. The van der Waals surface area contributed by atoms with E-state index in [1.807, 2.05) is 42.6 Å². The number of allylic oxidation sites excluding steroid dienone is 2. The fourth-order valence-electron chi connectivity index (χ4n) is 4.06. The van der Waals surface area contributed by atoms with Crippen LogP contribution in [0, 0.1) is 0 Å². The zero-order valence-electron chi connectivity index (χ0n) is 18.4. The summed E-state index contributed by atoms with van der Waals surface area (Å²) in [7, 11) is 1.58. The first-order valence-electron chi connectivity index (χ1n) is 10.7. The average molecular weight is 454 g/mol. The van der Waals surface area contributed by atoms with Gasteiger partial charge in [0.15, 0.2) is 5.69 Å². The second-order valence-electron chi connectivity index (χ2n) is 7.73. The summed E-state index contributed by atoms with van der Waals surface area (Å²) in [6.07, 6.45) is 7.68. The summed E-state index contributed by atoms with van der Waals surface area (Å²) in [5, 5.41) is 7.52. The number of anilines is 1. The van der Waals surface area contributed by atoms with Crippen molar-refractivity contribution < 1.29 is 14.3 Å². The van der Waals surface area contributed by atoms with Crippen LogP contribution in [0.4, 0.5) is 5.69 Å². The lowest BCUT2D eigenvalue weighted by atomic mass is 10.0. The Balaban J connectivity index is 1.50. The molecule has 0 radical (unpaired) electrons. The minimum Gasteiger partial charge on any atom is -0.497 e. The van der Waals surface area contributed by atoms with Gasteiger partial charge in [0.05, 0.1) is 12.8 Å². The number of hydrogen-bond donors (Lipinski definition) is 2. The molecule has 2 amide bonds. The van der Waals surface area contributed by atoms with E-state index in [0.29, 0.717) is 41.5 Å². The predicted molar refractivity (Wildman–Crippen MR) is 128 cm³/mol. The molecule has 9 nitrogen and oxygen atoms in total. The van der Waals surface area contributed by atoms with Gasteiger partial charge in [-0.1, -0.05) is 0 Å². The van der Waals surface area contributed by atoms with Crippen molar-refractivity contribution in [2.24, 2.45) is 10.7 Å². The highest BCUT2D eigenvalue weighted by Crippen LogP contribution is 2.29. The zero-order chi connectivity index (χ0) is 23.7. The third kappa shape index (κ3) is 3.73. The molecule has 0 bridgehead atoms. The molecule has 0 saturated carbocycles. The number of methoxy groups -OCH3 is 1. The molecule has 3 aromatic rings. The second kappa shape index (κ2) is 8.70. The fourth-order valence-corrected chi connectivity index (χ4v) is 4.06. The molecule has 5 rings (SSSR count). The number of rotatable bonds is 5. The second-order valence-corrected chi connectivity index (χ2v) is 7.73. The van der Waals surface area contributed by atoms with Gasteiger partial charge in [0.25, 0.3) is 11.8 Å². The molecule has 0 spiro atoms. The van der Waals surface area contributed by atoms with Crippen LogP contribution < -0.4 is 20.7 Å². The minimum atomic E-state index is -0.658. The molecule has 0 aliphatic carbocycles. The smallest absolute Gasteiger partial charge is 0.277 e. The van der Waals surface area contributed by atoms with Crippen LogP contribution in [0.5, 0.6) is 5.75 Å². The normalized spacial score (nSPS) is 14.8. The number of nitrogens with zero attached hydrogens (tertiary/aromatic N) is 4. The highest BCUT2D eigenvalue weighted by Gasteiger charge is 2.34. The molecule has 0 fully saturated rings. The van der Waals surface area contributed by atoms with Crippen LogP contribution in [0.2, 0.25) is 0 Å². The van der Waals surface area contributed by atoms with Crippen molar-refractivity contribution in [2.45, 2.75) is 6.42 Å². The van der Waals surface area contributed by atoms with Crippen molar-refractivity contribution >= 4 is 23.3 Å². The lowest BCUT2D eigenvalue weighted by molar-refractivity contribution is 0.0972. The number of benzene rings is 2. The Morgan fingerprint density at radius 3 is 2.50 bits per heavy atom. The molecule has 0 unspecified atom stereocenters. The molecule has 2 aromatic carbocycles.